The lowest BCUT2D eigenvalue weighted by Gasteiger charge is -2.10. The summed E-state index contributed by atoms with van der Waals surface area (Å²) in [6, 6.07) is 15.6. The highest BCUT2D eigenvalue weighted by Gasteiger charge is 2.03. The predicted molar refractivity (Wildman–Crippen MR) is 107 cm³/mol. The molecule has 3 nitrogen and oxygen atoms in total. The topological polar surface area (TPSA) is 36.4 Å². The van der Waals surface area contributed by atoms with Crippen molar-refractivity contribution in [1.29, 1.82) is 0 Å². The van der Waals surface area contributed by atoms with E-state index in [1.807, 2.05) is 61.5 Å². The first-order valence-corrected chi connectivity index (χ1v) is 8.41. The van der Waals surface area contributed by atoms with E-state index in [1.54, 1.807) is 6.21 Å². The number of nitrogens with zero attached hydrogens (tertiary/aromatic N) is 1. The van der Waals surface area contributed by atoms with E-state index < -0.39 is 0 Å². The highest BCUT2D eigenvalue weighted by atomic mass is 79.9. The molecule has 2 aromatic carbocycles. The van der Waals surface area contributed by atoms with E-state index in [9.17, 15) is 0 Å². The molecule has 0 saturated heterocycles. The predicted octanol–water partition coefficient (Wildman–Crippen LogP) is 5.36. The van der Waals surface area contributed by atoms with Gasteiger partial charge in [-0.05, 0) is 64.4 Å². The van der Waals surface area contributed by atoms with Crippen molar-refractivity contribution in [2.45, 2.75) is 6.92 Å². The number of thiocarbonyl (C=S) groups is 1. The zero-order valence-electron chi connectivity index (χ0n) is 12.4. The summed E-state index contributed by atoms with van der Waals surface area (Å²) in [6.45, 7) is 1.93. The molecule has 2 N–H and O–H groups in total. The van der Waals surface area contributed by atoms with Crippen LogP contribution in [-0.2, 0) is 0 Å². The van der Waals surface area contributed by atoms with Gasteiger partial charge in [-0.25, -0.2) is 0 Å². The maximum Gasteiger partial charge on any atom is 0.191 e. The Labute approximate surface area is 154 Å². The molecule has 2 aromatic rings. The van der Waals surface area contributed by atoms with Crippen molar-refractivity contribution in [3.8, 4) is 0 Å². The van der Waals surface area contributed by atoms with E-state index >= 15 is 0 Å². The Hall–Kier alpha value is -1.69. The lowest BCUT2D eigenvalue weighted by atomic mass is 10.2. The lowest BCUT2D eigenvalue weighted by molar-refractivity contribution is 1.05. The fraction of sp³-hybridized carbons (Fsp3) is 0.0588. The first kappa shape index (κ1) is 17.7. The van der Waals surface area contributed by atoms with Crippen molar-refractivity contribution in [3.05, 3.63) is 69.2 Å². The van der Waals surface area contributed by atoms with Crippen LogP contribution in [0.15, 0.2) is 58.1 Å². The third kappa shape index (κ3) is 5.78. The van der Waals surface area contributed by atoms with Crippen molar-refractivity contribution >= 4 is 62.8 Å². The molecule has 0 aromatic heterocycles. The van der Waals surface area contributed by atoms with E-state index in [0.717, 1.165) is 21.3 Å². The summed E-state index contributed by atoms with van der Waals surface area (Å²) in [5.74, 6) is 0. The number of halogens is 2. The molecule has 23 heavy (non-hydrogen) atoms. The third-order valence-corrected chi connectivity index (χ3v) is 4.01. The Balaban J connectivity index is 1.91. The van der Waals surface area contributed by atoms with Gasteiger partial charge in [-0.1, -0.05) is 48.0 Å². The van der Waals surface area contributed by atoms with Crippen LogP contribution in [-0.4, -0.2) is 11.3 Å². The van der Waals surface area contributed by atoms with Gasteiger partial charge >= 0.3 is 0 Å². The molecule has 0 fully saturated rings. The van der Waals surface area contributed by atoms with Crippen LogP contribution in [0.4, 0.5) is 5.69 Å². The number of rotatable bonds is 4. The number of hydrogen-bond acceptors (Lipinski definition) is 2. The number of hydrazone groups is 1. The first-order valence-electron chi connectivity index (χ1n) is 6.83. The Morgan fingerprint density at radius 1 is 1.17 bits per heavy atom. The summed E-state index contributed by atoms with van der Waals surface area (Å²) in [5, 5.41) is 8.24. The summed E-state index contributed by atoms with van der Waals surface area (Å²) in [5.41, 5.74) is 5.64. The quantitative estimate of drug-likeness (QED) is 0.406. The molecule has 0 bridgehead atoms. The van der Waals surface area contributed by atoms with Crippen molar-refractivity contribution in [2.24, 2.45) is 5.10 Å². The van der Waals surface area contributed by atoms with Gasteiger partial charge in [0, 0.05) is 15.2 Å². The SMILES string of the molecule is Cc1c(Cl)cccc1NC(=S)N/N=C\C(Br)=C\c1ccccc1. The van der Waals surface area contributed by atoms with E-state index in [4.69, 9.17) is 23.8 Å². The van der Waals surface area contributed by atoms with Gasteiger partial charge in [-0.15, -0.1) is 0 Å². The minimum Gasteiger partial charge on any atom is -0.331 e. The van der Waals surface area contributed by atoms with Gasteiger partial charge in [0.25, 0.3) is 0 Å². The molecular weight excluding hydrogens is 394 g/mol. The molecule has 0 amide bonds. The Morgan fingerprint density at radius 3 is 2.65 bits per heavy atom. The van der Waals surface area contributed by atoms with Crippen LogP contribution in [0.1, 0.15) is 11.1 Å². The number of hydrogen-bond donors (Lipinski definition) is 2. The average Bonchev–Trinajstić information content (AvgIpc) is 2.53. The van der Waals surface area contributed by atoms with Gasteiger partial charge in [-0.2, -0.15) is 5.10 Å². The van der Waals surface area contributed by atoms with Crippen LogP contribution < -0.4 is 10.7 Å². The van der Waals surface area contributed by atoms with E-state index in [1.165, 1.54) is 0 Å². The van der Waals surface area contributed by atoms with Crippen LogP contribution in [0.2, 0.25) is 5.02 Å². The molecule has 0 heterocycles. The fourth-order valence-corrected chi connectivity index (χ4v) is 2.50. The average molecular weight is 409 g/mol. The monoisotopic (exact) mass is 407 g/mol. The summed E-state index contributed by atoms with van der Waals surface area (Å²) in [4.78, 5) is 0. The van der Waals surface area contributed by atoms with E-state index in [-0.39, 0.29) is 0 Å². The molecule has 0 atom stereocenters. The highest BCUT2D eigenvalue weighted by Crippen LogP contribution is 2.22. The second-order valence-corrected chi connectivity index (χ2v) is 6.41. The standard InChI is InChI=1S/C17H15BrClN3S/c1-12-15(19)8-5-9-16(12)21-17(23)22-20-11-14(18)10-13-6-3-2-4-7-13/h2-11H,1H3,(H2,21,22,23)/b14-10-,20-11-. The van der Waals surface area contributed by atoms with Gasteiger partial charge in [0.15, 0.2) is 5.11 Å². The van der Waals surface area contributed by atoms with Crippen LogP contribution >= 0.6 is 39.7 Å². The second kappa shape index (κ2) is 8.82. The van der Waals surface area contributed by atoms with Gasteiger partial charge < -0.3 is 5.32 Å². The van der Waals surface area contributed by atoms with Crippen LogP contribution in [0.25, 0.3) is 6.08 Å². The summed E-state index contributed by atoms with van der Waals surface area (Å²) in [7, 11) is 0. The number of nitrogens with one attached hydrogen (secondary N) is 2. The molecular formula is C17H15BrClN3S. The Bertz CT molecular complexity index is 745. The maximum absolute atomic E-state index is 6.07. The lowest BCUT2D eigenvalue weighted by Crippen LogP contribution is -2.24. The summed E-state index contributed by atoms with van der Waals surface area (Å²) < 4.78 is 0.831. The zero-order valence-corrected chi connectivity index (χ0v) is 15.5. The molecule has 0 aliphatic heterocycles. The Kier molecular flexibility index (Phi) is 6.77. The highest BCUT2D eigenvalue weighted by molar-refractivity contribution is 9.12. The van der Waals surface area contributed by atoms with Crippen LogP contribution in [0.3, 0.4) is 0 Å². The molecule has 6 heteroatoms. The van der Waals surface area contributed by atoms with Crippen molar-refractivity contribution < 1.29 is 0 Å². The molecule has 0 aliphatic rings. The van der Waals surface area contributed by atoms with Crippen LogP contribution in [0, 0.1) is 6.92 Å². The minimum atomic E-state index is 0.395. The molecule has 0 saturated carbocycles. The number of benzene rings is 2. The van der Waals surface area contributed by atoms with Crippen molar-refractivity contribution in [1.82, 2.24) is 5.43 Å². The van der Waals surface area contributed by atoms with E-state index in [2.05, 4.69) is 31.8 Å². The number of allylic oxidation sites excluding steroid dienone is 1. The normalized spacial score (nSPS) is 11.5. The molecule has 0 spiro atoms. The summed E-state index contributed by atoms with van der Waals surface area (Å²) in [6.07, 6.45) is 3.61. The smallest absolute Gasteiger partial charge is 0.191 e. The Morgan fingerprint density at radius 2 is 1.91 bits per heavy atom. The molecule has 0 radical (unpaired) electrons. The van der Waals surface area contributed by atoms with E-state index in [0.29, 0.717) is 10.1 Å². The van der Waals surface area contributed by atoms with Gasteiger partial charge in [0.2, 0.25) is 0 Å². The zero-order chi connectivity index (χ0) is 16.7. The first-order chi connectivity index (χ1) is 11.1. The minimum absolute atomic E-state index is 0.395. The fourth-order valence-electron chi connectivity index (χ4n) is 1.79. The second-order valence-electron chi connectivity index (χ2n) is 4.68. The molecule has 2 rings (SSSR count). The molecule has 0 unspecified atom stereocenters. The largest absolute Gasteiger partial charge is 0.331 e. The number of anilines is 1. The molecule has 0 aliphatic carbocycles. The maximum atomic E-state index is 6.07. The van der Waals surface area contributed by atoms with Gasteiger partial charge in [0.1, 0.15) is 0 Å². The molecule has 118 valence electrons. The van der Waals surface area contributed by atoms with Crippen molar-refractivity contribution in [3.63, 3.8) is 0 Å². The summed E-state index contributed by atoms with van der Waals surface area (Å²) >= 11 is 14.7. The van der Waals surface area contributed by atoms with Gasteiger partial charge in [0.05, 0.1) is 6.21 Å². The van der Waals surface area contributed by atoms with Crippen molar-refractivity contribution in [2.75, 3.05) is 5.32 Å². The van der Waals surface area contributed by atoms with Crippen LogP contribution in [0.5, 0.6) is 0 Å². The van der Waals surface area contributed by atoms with Gasteiger partial charge in [-0.3, -0.25) is 5.43 Å². The third-order valence-electron chi connectivity index (χ3n) is 2.97.